The molecule has 0 spiro atoms. The minimum atomic E-state index is -1.10. The topological polar surface area (TPSA) is 26.3 Å². The molecule has 0 radical (unpaired) electrons. The number of ether oxygens (including phenoxy) is 1. The lowest BCUT2D eigenvalue weighted by Gasteiger charge is -2.19. The van der Waals surface area contributed by atoms with E-state index in [0.29, 0.717) is 0 Å². The van der Waals surface area contributed by atoms with Crippen molar-refractivity contribution < 1.29 is 9.53 Å². The van der Waals surface area contributed by atoms with Gasteiger partial charge in [0.05, 0.1) is 7.11 Å². The normalized spacial score (nSPS) is 19.5. The van der Waals surface area contributed by atoms with E-state index < -0.39 is 10.8 Å². The maximum atomic E-state index is 11.4. The summed E-state index contributed by atoms with van der Waals surface area (Å²) in [6.45, 7) is 1.63. The highest BCUT2D eigenvalue weighted by Gasteiger charge is 2.34. The molecule has 0 aromatic heterocycles. The van der Waals surface area contributed by atoms with Crippen molar-refractivity contribution in [3.63, 3.8) is 0 Å². The van der Waals surface area contributed by atoms with Gasteiger partial charge in [-0.3, -0.25) is 0 Å². The second-order valence-corrected chi connectivity index (χ2v) is 3.94. The Bertz CT molecular complexity index is 311. The molecule has 14 heavy (non-hydrogen) atoms. The first-order chi connectivity index (χ1) is 6.59. The number of hydrogen-bond acceptors (Lipinski definition) is 2. The fourth-order valence-electron chi connectivity index (χ4n) is 1.20. The summed E-state index contributed by atoms with van der Waals surface area (Å²) in [5.74, 6) is -0.439. The Hall–Kier alpha value is -1.02. The predicted molar refractivity (Wildman–Crippen MR) is 57.3 cm³/mol. The van der Waals surface area contributed by atoms with Crippen LogP contribution in [0.15, 0.2) is 36.0 Å². The first kappa shape index (κ1) is 11.1. The summed E-state index contributed by atoms with van der Waals surface area (Å²) in [6.07, 6.45) is 10.4. The summed E-state index contributed by atoms with van der Waals surface area (Å²) < 4.78 is 4.64. The number of esters is 1. The number of rotatable bonds is 2. The summed E-state index contributed by atoms with van der Waals surface area (Å²) >= 11 is 6.11. The number of alkyl halides is 1. The number of methoxy groups -OCH3 is 1. The molecule has 0 heterocycles. The third kappa shape index (κ3) is 2.26. The summed E-state index contributed by atoms with van der Waals surface area (Å²) in [7, 11) is 1.33. The standard InChI is InChI=1S/C11H13ClO2/c1-11(12,10(13)14-2)9-7-5-3-4-6-8-9/h3,5-8H,4H2,1-2H3. The lowest BCUT2D eigenvalue weighted by Crippen LogP contribution is -2.31. The maximum absolute atomic E-state index is 11.4. The molecule has 2 nitrogen and oxygen atoms in total. The highest BCUT2D eigenvalue weighted by Crippen LogP contribution is 2.28. The SMILES string of the molecule is COC(=O)C(C)(Cl)C1=CC=CCC=C1. The van der Waals surface area contributed by atoms with Crippen LogP contribution in [-0.4, -0.2) is 18.0 Å². The van der Waals surface area contributed by atoms with E-state index in [0.717, 1.165) is 12.0 Å². The first-order valence-electron chi connectivity index (χ1n) is 4.40. The van der Waals surface area contributed by atoms with Crippen LogP contribution < -0.4 is 0 Å². The van der Waals surface area contributed by atoms with Crippen molar-refractivity contribution in [3.05, 3.63) is 36.0 Å². The zero-order valence-electron chi connectivity index (χ0n) is 8.29. The average Bonchev–Trinajstić information content (AvgIpc) is 2.44. The quantitative estimate of drug-likeness (QED) is 0.520. The molecule has 0 saturated heterocycles. The molecular formula is C11H13ClO2. The van der Waals surface area contributed by atoms with E-state index in [2.05, 4.69) is 4.74 Å². The predicted octanol–water partition coefficient (Wildman–Crippen LogP) is 2.60. The Labute approximate surface area is 88.9 Å². The lowest BCUT2D eigenvalue weighted by atomic mass is 9.99. The minimum Gasteiger partial charge on any atom is -0.467 e. The van der Waals surface area contributed by atoms with Crippen molar-refractivity contribution >= 4 is 17.6 Å². The molecule has 1 aliphatic rings. The fourth-order valence-corrected chi connectivity index (χ4v) is 1.41. The van der Waals surface area contributed by atoms with E-state index in [4.69, 9.17) is 11.6 Å². The number of allylic oxidation sites excluding steroid dienone is 5. The first-order valence-corrected chi connectivity index (χ1v) is 4.78. The van der Waals surface area contributed by atoms with Gasteiger partial charge >= 0.3 is 5.97 Å². The van der Waals surface area contributed by atoms with Gasteiger partial charge < -0.3 is 4.74 Å². The van der Waals surface area contributed by atoms with Crippen molar-refractivity contribution in [1.29, 1.82) is 0 Å². The molecule has 1 atom stereocenters. The van der Waals surface area contributed by atoms with Crippen molar-refractivity contribution in [2.24, 2.45) is 0 Å². The van der Waals surface area contributed by atoms with E-state index in [1.165, 1.54) is 7.11 Å². The highest BCUT2D eigenvalue weighted by atomic mass is 35.5. The van der Waals surface area contributed by atoms with Gasteiger partial charge in [-0.15, -0.1) is 11.6 Å². The highest BCUT2D eigenvalue weighted by molar-refractivity contribution is 6.36. The van der Waals surface area contributed by atoms with Gasteiger partial charge in [0.1, 0.15) is 0 Å². The van der Waals surface area contributed by atoms with Gasteiger partial charge in [-0.05, 0) is 18.9 Å². The molecule has 1 unspecified atom stereocenters. The second-order valence-electron chi connectivity index (χ2n) is 3.18. The van der Waals surface area contributed by atoms with E-state index in [-0.39, 0.29) is 0 Å². The fraction of sp³-hybridized carbons (Fsp3) is 0.364. The van der Waals surface area contributed by atoms with Crippen LogP contribution in [0.5, 0.6) is 0 Å². The molecule has 0 aliphatic heterocycles. The lowest BCUT2D eigenvalue weighted by molar-refractivity contribution is -0.142. The van der Waals surface area contributed by atoms with Gasteiger partial charge in [0.2, 0.25) is 0 Å². The van der Waals surface area contributed by atoms with E-state index in [1.807, 2.05) is 30.4 Å². The molecule has 3 heteroatoms. The van der Waals surface area contributed by atoms with E-state index in [1.54, 1.807) is 6.92 Å². The third-order valence-corrected chi connectivity index (χ3v) is 2.46. The molecule has 1 aliphatic carbocycles. The van der Waals surface area contributed by atoms with Gasteiger partial charge in [-0.25, -0.2) is 4.79 Å². The Balaban J connectivity index is 2.96. The number of carbonyl (C=O) groups excluding carboxylic acids is 1. The second kappa shape index (κ2) is 4.47. The zero-order valence-corrected chi connectivity index (χ0v) is 9.04. The molecule has 1 rings (SSSR count). The van der Waals surface area contributed by atoms with Gasteiger partial charge in [0.25, 0.3) is 0 Å². The van der Waals surface area contributed by atoms with Gasteiger partial charge in [0, 0.05) is 0 Å². The van der Waals surface area contributed by atoms with Crippen LogP contribution in [0.25, 0.3) is 0 Å². The van der Waals surface area contributed by atoms with Crippen LogP contribution in [0.3, 0.4) is 0 Å². The maximum Gasteiger partial charge on any atom is 0.331 e. The molecule has 0 saturated carbocycles. The Kier molecular flexibility index (Phi) is 3.53. The summed E-state index contributed by atoms with van der Waals surface area (Å²) in [4.78, 5) is 10.3. The number of hydrogen-bond donors (Lipinski definition) is 0. The van der Waals surface area contributed by atoms with E-state index in [9.17, 15) is 4.79 Å². The van der Waals surface area contributed by atoms with Crippen molar-refractivity contribution in [3.8, 4) is 0 Å². The van der Waals surface area contributed by atoms with Crippen molar-refractivity contribution in [2.45, 2.75) is 18.2 Å². The monoisotopic (exact) mass is 212 g/mol. The van der Waals surface area contributed by atoms with Crippen LogP contribution in [0, 0.1) is 0 Å². The van der Waals surface area contributed by atoms with Gasteiger partial charge in [-0.2, -0.15) is 0 Å². The van der Waals surface area contributed by atoms with Gasteiger partial charge in [0.15, 0.2) is 4.87 Å². The van der Waals surface area contributed by atoms with Crippen LogP contribution in [0.1, 0.15) is 13.3 Å². The molecule has 0 aromatic carbocycles. The molecule has 0 aromatic rings. The third-order valence-electron chi connectivity index (χ3n) is 2.09. The van der Waals surface area contributed by atoms with Crippen LogP contribution in [-0.2, 0) is 9.53 Å². The Morgan fingerprint density at radius 1 is 1.57 bits per heavy atom. The number of carbonyl (C=O) groups is 1. The largest absolute Gasteiger partial charge is 0.467 e. The molecule has 76 valence electrons. The Morgan fingerprint density at radius 3 is 2.93 bits per heavy atom. The van der Waals surface area contributed by atoms with E-state index >= 15 is 0 Å². The van der Waals surface area contributed by atoms with Crippen LogP contribution >= 0.6 is 11.6 Å². The van der Waals surface area contributed by atoms with Gasteiger partial charge in [-0.1, -0.05) is 30.4 Å². The summed E-state index contributed by atoms with van der Waals surface area (Å²) in [5.41, 5.74) is 0.750. The molecule has 0 amide bonds. The average molecular weight is 213 g/mol. The summed E-state index contributed by atoms with van der Waals surface area (Å²) in [6, 6.07) is 0. The molecule has 0 bridgehead atoms. The smallest absolute Gasteiger partial charge is 0.331 e. The minimum absolute atomic E-state index is 0.439. The van der Waals surface area contributed by atoms with Crippen LogP contribution in [0.2, 0.25) is 0 Å². The molecule has 0 fully saturated rings. The zero-order chi connectivity index (χ0) is 10.6. The molecular weight excluding hydrogens is 200 g/mol. The van der Waals surface area contributed by atoms with Crippen molar-refractivity contribution in [1.82, 2.24) is 0 Å². The summed E-state index contributed by atoms with van der Waals surface area (Å²) in [5, 5.41) is 0. The molecule has 0 N–H and O–H groups in total. The van der Waals surface area contributed by atoms with Crippen LogP contribution in [0.4, 0.5) is 0 Å². The van der Waals surface area contributed by atoms with Crippen molar-refractivity contribution in [2.75, 3.05) is 7.11 Å². The number of halogens is 1. The Morgan fingerprint density at radius 2 is 2.29 bits per heavy atom.